The molecule has 0 aliphatic heterocycles. The van der Waals surface area contributed by atoms with Gasteiger partial charge in [0.25, 0.3) is 0 Å². The molecule has 1 atom stereocenters. The van der Waals surface area contributed by atoms with Gasteiger partial charge in [-0.05, 0) is 51.3 Å². The molecule has 0 aliphatic rings. The van der Waals surface area contributed by atoms with Crippen molar-refractivity contribution in [1.29, 1.82) is 0 Å². The standard InChI is InChI=1S/C21H30N2O3/c1-15(2)6-5-7-16(3)12-13-22-21(26)20(23-17(4)24)14-18-8-10-19(25)11-9-18/h6,8-12,20,25H,5,7,13-14H2,1-4H3,(H,22,26)(H,23,24)/b16-12+/t20-/m0/s1. The van der Waals surface area contributed by atoms with Gasteiger partial charge in [-0.2, -0.15) is 0 Å². The van der Waals surface area contributed by atoms with Gasteiger partial charge in [0.05, 0.1) is 0 Å². The molecule has 2 amide bonds. The number of hydrogen-bond acceptors (Lipinski definition) is 3. The molecule has 0 aromatic heterocycles. The number of phenols is 1. The minimum Gasteiger partial charge on any atom is -0.508 e. The predicted molar refractivity (Wildman–Crippen MR) is 105 cm³/mol. The van der Waals surface area contributed by atoms with E-state index in [0.717, 1.165) is 18.4 Å². The number of phenolic OH excluding ortho intramolecular Hbond substituents is 1. The molecule has 0 radical (unpaired) electrons. The van der Waals surface area contributed by atoms with E-state index in [0.29, 0.717) is 13.0 Å². The van der Waals surface area contributed by atoms with Crippen molar-refractivity contribution in [2.75, 3.05) is 6.54 Å². The molecule has 0 fully saturated rings. The van der Waals surface area contributed by atoms with Crippen LogP contribution in [0.15, 0.2) is 47.6 Å². The number of benzene rings is 1. The first-order chi connectivity index (χ1) is 12.3. The second-order valence-electron chi connectivity index (χ2n) is 6.74. The molecule has 0 spiro atoms. The predicted octanol–water partition coefficient (Wildman–Crippen LogP) is 3.25. The summed E-state index contributed by atoms with van der Waals surface area (Å²) in [7, 11) is 0. The van der Waals surface area contributed by atoms with Crippen LogP contribution in [0.25, 0.3) is 0 Å². The number of amides is 2. The smallest absolute Gasteiger partial charge is 0.243 e. The Kier molecular flexibility index (Phi) is 9.20. The third-order valence-electron chi connectivity index (χ3n) is 3.89. The third-order valence-corrected chi connectivity index (χ3v) is 3.89. The van der Waals surface area contributed by atoms with Crippen LogP contribution in [-0.4, -0.2) is 29.5 Å². The van der Waals surface area contributed by atoms with Gasteiger partial charge in [-0.3, -0.25) is 9.59 Å². The van der Waals surface area contributed by atoms with Crippen LogP contribution in [-0.2, 0) is 16.0 Å². The summed E-state index contributed by atoms with van der Waals surface area (Å²) < 4.78 is 0. The van der Waals surface area contributed by atoms with Gasteiger partial charge in [-0.25, -0.2) is 0 Å². The quantitative estimate of drug-likeness (QED) is 0.593. The average molecular weight is 358 g/mol. The topological polar surface area (TPSA) is 78.4 Å². The molecule has 0 saturated carbocycles. The first kappa shape index (κ1) is 21.5. The van der Waals surface area contributed by atoms with Crippen LogP contribution < -0.4 is 10.6 Å². The van der Waals surface area contributed by atoms with Gasteiger partial charge in [-0.15, -0.1) is 0 Å². The van der Waals surface area contributed by atoms with Crippen LogP contribution >= 0.6 is 0 Å². The Hall–Kier alpha value is -2.56. The molecule has 1 aromatic carbocycles. The number of carbonyl (C=O) groups excluding carboxylic acids is 2. The van der Waals surface area contributed by atoms with Crippen molar-refractivity contribution < 1.29 is 14.7 Å². The van der Waals surface area contributed by atoms with Crippen LogP contribution in [0.5, 0.6) is 5.75 Å². The average Bonchev–Trinajstić information content (AvgIpc) is 2.55. The maximum Gasteiger partial charge on any atom is 0.243 e. The second-order valence-corrected chi connectivity index (χ2v) is 6.74. The molecule has 0 aliphatic carbocycles. The van der Waals surface area contributed by atoms with Crippen molar-refractivity contribution in [3.8, 4) is 5.75 Å². The van der Waals surface area contributed by atoms with Gasteiger partial charge >= 0.3 is 0 Å². The van der Waals surface area contributed by atoms with E-state index in [1.54, 1.807) is 24.3 Å². The molecule has 0 unspecified atom stereocenters. The number of aromatic hydroxyl groups is 1. The van der Waals surface area contributed by atoms with E-state index in [9.17, 15) is 14.7 Å². The molecule has 0 bridgehead atoms. The number of hydrogen-bond donors (Lipinski definition) is 3. The largest absolute Gasteiger partial charge is 0.508 e. The van der Waals surface area contributed by atoms with Crippen LogP contribution in [0.1, 0.15) is 46.1 Å². The van der Waals surface area contributed by atoms with Gasteiger partial charge < -0.3 is 15.7 Å². The minimum absolute atomic E-state index is 0.169. The second kappa shape index (κ2) is 11.1. The van der Waals surface area contributed by atoms with E-state index in [1.165, 1.54) is 18.1 Å². The van der Waals surface area contributed by atoms with Crippen molar-refractivity contribution in [2.24, 2.45) is 0 Å². The third kappa shape index (κ3) is 9.06. The lowest BCUT2D eigenvalue weighted by atomic mass is 10.0. The number of carbonyl (C=O) groups is 2. The lowest BCUT2D eigenvalue weighted by molar-refractivity contribution is -0.127. The fourth-order valence-electron chi connectivity index (χ4n) is 2.46. The zero-order valence-corrected chi connectivity index (χ0v) is 16.1. The summed E-state index contributed by atoms with van der Waals surface area (Å²) in [6.45, 7) is 8.04. The van der Waals surface area contributed by atoms with Gasteiger partial charge in [0.1, 0.15) is 11.8 Å². The van der Waals surface area contributed by atoms with E-state index >= 15 is 0 Å². The van der Waals surface area contributed by atoms with Gasteiger partial charge in [0, 0.05) is 19.9 Å². The molecule has 26 heavy (non-hydrogen) atoms. The summed E-state index contributed by atoms with van der Waals surface area (Å²) in [4.78, 5) is 23.8. The fourth-order valence-corrected chi connectivity index (χ4v) is 2.46. The molecule has 1 aromatic rings. The fraction of sp³-hybridized carbons (Fsp3) is 0.429. The lowest BCUT2D eigenvalue weighted by Crippen LogP contribution is -2.47. The van der Waals surface area contributed by atoms with Gasteiger partial charge in [-0.1, -0.05) is 35.4 Å². The van der Waals surface area contributed by atoms with Crippen LogP contribution in [0.3, 0.4) is 0 Å². The van der Waals surface area contributed by atoms with Crippen LogP contribution in [0.2, 0.25) is 0 Å². The number of rotatable bonds is 9. The summed E-state index contributed by atoms with van der Waals surface area (Å²) in [6.07, 6.45) is 6.52. The van der Waals surface area contributed by atoms with Crippen molar-refractivity contribution >= 4 is 11.8 Å². The van der Waals surface area contributed by atoms with E-state index in [1.807, 2.05) is 13.0 Å². The molecule has 0 heterocycles. The summed E-state index contributed by atoms with van der Waals surface area (Å²) in [5.41, 5.74) is 3.39. The number of nitrogens with one attached hydrogen (secondary N) is 2. The Morgan fingerprint density at radius 1 is 1.08 bits per heavy atom. The maximum absolute atomic E-state index is 12.4. The highest BCUT2D eigenvalue weighted by molar-refractivity contribution is 5.87. The van der Waals surface area contributed by atoms with Crippen molar-refractivity contribution in [3.05, 3.63) is 53.1 Å². The summed E-state index contributed by atoms with van der Waals surface area (Å²) >= 11 is 0. The van der Waals surface area contributed by atoms with E-state index in [-0.39, 0.29) is 17.6 Å². The number of allylic oxidation sites excluding steroid dienone is 3. The molecule has 1 rings (SSSR count). The molecule has 142 valence electrons. The zero-order chi connectivity index (χ0) is 19.5. The van der Waals surface area contributed by atoms with Gasteiger partial charge in [0.15, 0.2) is 0 Å². The summed E-state index contributed by atoms with van der Waals surface area (Å²) in [5, 5.41) is 14.9. The first-order valence-corrected chi connectivity index (χ1v) is 8.89. The first-order valence-electron chi connectivity index (χ1n) is 8.89. The summed E-state index contributed by atoms with van der Waals surface area (Å²) in [6, 6.07) is 5.97. The minimum atomic E-state index is -0.642. The van der Waals surface area contributed by atoms with Crippen molar-refractivity contribution in [1.82, 2.24) is 10.6 Å². The van der Waals surface area contributed by atoms with Crippen molar-refractivity contribution in [3.63, 3.8) is 0 Å². The Balaban J connectivity index is 2.58. The van der Waals surface area contributed by atoms with Crippen LogP contribution in [0.4, 0.5) is 0 Å². The molecular weight excluding hydrogens is 328 g/mol. The SMILES string of the molecule is CC(=O)N[C@@H](Cc1ccc(O)cc1)C(=O)NC/C=C(\C)CCC=C(C)C. The summed E-state index contributed by atoms with van der Waals surface area (Å²) in [5.74, 6) is -0.304. The monoisotopic (exact) mass is 358 g/mol. The molecule has 5 nitrogen and oxygen atoms in total. The molecule has 0 saturated heterocycles. The van der Waals surface area contributed by atoms with Crippen molar-refractivity contribution in [2.45, 2.75) is 53.0 Å². The Morgan fingerprint density at radius 2 is 1.73 bits per heavy atom. The Bertz CT molecular complexity index is 656. The highest BCUT2D eigenvalue weighted by Gasteiger charge is 2.19. The molecule has 5 heteroatoms. The van der Waals surface area contributed by atoms with E-state index in [2.05, 4.69) is 30.6 Å². The maximum atomic E-state index is 12.4. The molecule has 3 N–H and O–H groups in total. The lowest BCUT2D eigenvalue weighted by Gasteiger charge is -2.17. The van der Waals surface area contributed by atoms with Gasteiger partial charge in [0.2, 0.25) is 11.8 Å². The zero-order valence-electron chi connectivity index (χ0n) is 16.1. The Morgan fingerprint density at radius 3 is 2.31 bits per heavy atom. The normalized spacial score (nSPS) is 12.2. The van der Waals surface area contributed by atoms with Crippen LogP contribution in [0, 0.1) is 0 Å². The Labute approximate surface area is 156 Å². The van der Waals surface area contributed by atoms with E-state index in [4.69, 9.17) is 0 Å². The molecular formula is C21H30N2O3. The van der Waals surface area contributed by atoms with E-state index < -0.39 is 6.04 Å². The highest BCUT2D eigenvalue weighted by atomic mass is 16.3. The highest BCUT2D eigenvalue weighted by Crippen LogP contribution is 2.11.